The third-order valence-corrected chi connectivity index (χ3v) is 3.27. The molecule has 0 unspecified atom stereocenters. The van der Waals surface area contributed by atoms with Crippen molar-refractivity contribution in [3.63, 3.8) is 0 Å². The van der Waals surface area contributed by atoms with Gasteiger partial charge in [-0.3, -0.25) is 0 Å². The molecule has 0 saturated heterocycles. The summed E-state index contributed by atoms with van der Waals surface area (Å²) in [5.74, 6) is 2.25. The third-order valence-electron chi connectivity index (χ3n) is 2.55. The van der Waals surface area contributed by atoms with Gasteiger partial charge in [0.05, 0.1) is 13.2 Å². The van der Waals surface area contributed by atoms with Gasteiger partial charge in [-0.15, -0.1) is 11.6 Å². The van der Waals surface area contributed by atoms with Crippen molar-refractivity contribution in [2.45, 2.75) is 27.2 Å². The minimum Gasteiger partial charge on any atom is -0.490 e. The highest BCUT2D eigenvalue weighted by Crippen LogP contribution is 2.28. The van der Waals surface area contributed by atoms with Crippen molar-refractivity contribution in [2.75, 3.05) is 19.1 Å². The summed E-state index contributed by atoms with van der Waals surface area (Å²) in [6.45, 7) is 7.54. The van der Waals surface area contributed by atoms with Gasteiger partial charge in [0.15, 0.2) is 11.5 Å². The lowest BCUT2D eigenvalue weighted by molar-refractivity contribution is 0.231. The smallest absolute Gasteiger partial charge is 0.161 e. The van der Waals surface area contributed by atoms with Gasteiger partial charge in [0.2, 0.25) is 0 Å². The van der Waals surface area contributed by atoms with Gasteiger partial charge >= 0.3 is 0 Å². The molecule has 0 aromatic heterocycles. The summed E-state index contributed by atoms with van der Waals surface area (Å²) >= 11 is 5.88. The van der Waals surface area contributed by atoms with Crippen LogP contribution in [0, 0.1) is 5.41 Å². The first-order valence-corrected chi connectivity index (χ1v) is 6.53. The summed E-state index contributed by atoms with van der Waals surface area (Å²) < 4.78 is 11.2. The van der Waals surface area contributed by atoms with Crippen LogP contribution < -0.4 is 9.47 Å². The molecule has 0 aliphatic rings. The Morgan fingerprint density at radius 3 is 2.24 bits per heavy atom. The molecule has 0 bridgehead atoms. The first-order valence-electron chi connectivity index (χ1n) is 5.99. The molecule has 0 fully saturated rings. The quantitative estimate of drug-likeness (QED) is 0.684. The average molecular weight is 257 g/mol. The molecule has 96 valence electrons. The monoisotopic (exact) mass is 256 g/mol. The Labute approximate surface area is 109 Å². The second-order valence-electron chi connectivity index (χ2n) is 4.78. The van der Waals surface area contributed by atoms with Crippen molar-refractivity contribution in [1.82, 2.24) is 0 Å². The Bertz CT molecular complexity index is 337. The van der Waals surface area contributed by atoms with Crippen LogP contribution in [0.2, 0.25) is 0 Å². The molecule has 1 aromatic carbocycles. The zero-order valence-corrected chi connectivity index (χ0v) is 11.6. The topological polar surface area (TPSA) is 18.5 Å². The normalized spacial score (nSPS) is 11.3. The summed E-state index contributed by atoms with van der Waals surface area (Å²) in [6.07, 6.45) is 0.928. The number of hydrogen-bond acceptors (Lipinski definition) is 2. The Morgan fingerprint density at radius 1 is 1.12 bits per heavy atom. The zero-order valence-electron chi connectivity index (χ0n) is 10.8. The number of ether oxygens (including phenoxy) is 2. The van der Waals surface area contributed by atoms with Crippen LogP contribution in [0.15, 0.2) is 24.3 Å². The van der Waals surface area contributed by atoms with E-state index in [1.165, 1.54) is 0 Å². The molecule has 0 aliphatic heterocycles. The van der Waals surface area contributed by atoms with E-state index in [9.17, 15) is 0 Å². The van der Waals surface area contributed by atoms with Gasteiger partial charge < -0.3 is 9.47 Å². The van der Waals surface area contributed by atoms with Crippen LogP contribution in [0.3, 0.4) is 0 Å². The lowest BCUT2D eigenvalue weighted by Gasteiger charge is -2.21. The van der Waals surface area contributed by atoms with Crippen LogP contribution in [-0.4, -0.2) is 19.1 Å². The average Bonchev–Trinajstić information content (AvgIpc) is 2.31. The standard InChI is InChI=1S/C14H21ClO2/c1-4-16-12-7-5-6-8-13(12)17-10-9-14(2,3)11-15/h5-8H,4,9-11H2,1-3H3. The zero-order chi connectivity index (χ0) is 12.7. The molecule has 1 aromatic rings. The van der Waals surface area contributed by atoms with E-state index >= 15 is 0 Å². The summed E-state index contributed by atoms with van der Waals surface area (Å²) in [5.41, 5.74) is 0.113. The summed E-state index contributed by atoms with van der Waals surface area (Å²) in [6, 6.07) is 7.75. The number of hydrogen-bond donors (Lipinski definition) is 0. The molecule has 0 amide bonds. The van der Waals surface area contributed by atoms with Crippen molar-refractivity contribution in [3.8, 4) is 11.5 Å². The molecular formula is C14H21ClO2. The van der Waals surface area contributed by atoms with Crippen LogP contribution in [0.1, 0.15) is 27.2 Å². The van der Waals surface area contributed by atoms with E-state index in [0.29, 0.717) is 19.1 Å². The maximum atomic E-state index is 5.88. The maximum Gasteiger partial charge on any atom is 0.161 e. The minimum atomic E-state index is 0.113. The molecule has 0 atom stereocenters. The molecule has 0 aliphatic carbocycles. The Balaban J connectivity index is 2.51. The molecule has 1 rings (SSSR count). The largest absolute Gasteiger partial charge is 0.490 e. The predicted octanol–water partition coefficient (Wildman–Crippen LogP) is 4.12. The molecule has 2 nitrogen and oxygen atoms in total. The van der Waals surface area contributed by atoms with Crippen molar-refractivity contribution >= 4 is 11.6 Å². The highest BCUT2D eigenvalue weighted by molar-refractivity contribution is 6.18. The van der Waals surface area contributed by atoms with E-state index in [0.717, 1.165) is 17.9 Å². The van der Waals surface area contributed by atoms with Crippen LogP contribution in [-0.2, 0) is 0 Å². The lowest BCUT2D eigenvalue weighted by Crippen LogP contribution is -2.17. The van der Waals surface area contributed by atoms with E-state index in [-0.39, 0.29) is 5.41 Å². The fourth-order valence-electron chi connectivity index (χ4n) is 1.35. The Hall–Kier alpha value is -0.890. The van der Waals surface area contributed by atoms with Crippen LogP contribution >= 0.6 is 11.6 Å². The molecule has 0 radical (unpaired) electrons. The van der Waals surface area contributed by atoms with Gasteiger partial charge in [0, 0.05) is 5.88 Å². The molecule has 3 heteroatoms. The predicted molar refractivity (Wildman–Crippen MR) is 72.2 cm³/mol. The van der Waals surface area contributed by atoms with Crippen molar-refractivity contribution < 1.29 is 9.47 Å². The number of halogens is 1. The highest BCUT2D eigenvalue weighted by atomic mass is 35.5. The molecular weight excluding hydrogens is 236 g/mol. The highest BCUT2D eigenvalue weighted by Gasteiger charge is 2.16. The Kier molecular flexibility index (Phi) is 5.63. The van der Waals surface area contributed by atoms with Gasteiger partial charge in [-0.2, -0.15) is 0 Å². The van der Waals surface area contributed by atoms with E-state index < -0.39 is 0 Å². The van der Waals surface area contributed by atoms with E-state index in [2.05, 4.69) is 13.8 Å². The lowest BCUT2D eigenvalue weighted by atomic mass is 9.93. The van der Waals surface area contributed by atoms with E-state index in [1.54, 1.807) is 0 Å². The van der Waals surface area contributed by atoms with Crippen molar-refractivity contribution in [1.29, 1.82) is 0 Å². The third kappa shape index (κ3) is 4.86. The summed E-state index contributed by atoms with van der Waals surface area (Å²) in [5, 5.41) is 0. The molecule has 0 N–H and O–H groups in total. The van der Waals surface area contributed by atoms with Gasteiger partial charge in [-0.05, 0) is 30.9 Å². The molecule has 17 heavy (non-hydrogen) atoms. The second-order valence-corrected chi connectivity index (χ2v) is 5.04. The number of benzene rings is 1. The molecule has 0 saturated carbocycles. The number of alkyl halides is 1. The minimum absolute atomic E-state index is 0.113. The van der Waals surface area contributed by atoms with Gasteiger partial charge in [-0.25, -0.2) is 0 Å². The van der Waals surface area contributed by atoms with Crippen LogP contribution in [0.5, 0.6) is 11.5 Å². The van der Waals surface area contributed by atoms with Crippen molar-refractivity contribution in [2.24, 2.45) is 5.41 Å². The van der Waals surface area contributed by atoms with E-state index in [1.807, 2.05) is 31.2 Å². The van der Waals surface area contributed by atoms with Gasteiger partial charge in [-0.1, -0.05) is 26.0 Å². The fourth-order valence-corrected chi connectivity index (χ4v) is 1.48. The van der Waals surface area contributed by atoms with Gasteiger partial charge in [0.25, 0.3) is 0 Å². The van der Waals surface area contributed by atoms with Crippen LogP contribution in [0.25, 0.3) is 0 Å². The summed E-state index contributed by atoms with van der Waals surface area (Å²) in [7, 11) is 0. The number of rotatable bonds is 7. The summed E-state index contributed by atoms with van der Waals surface area (Å²) in [4.78, 5) is 0. The first kappa shape index (κ1) is 14.2. The van der Waals surface area contributed by atoms with Crippen molar-refractivity contribution in [3.05, 3.63) is 24.3 Å². The Morgan fingerprint density at radius 2 is 1.71 bits per heavy atom. The fraction of sp³-hybridized carbons (Fsp3) is 0.571. The van der Waals surface area contributed by atoms with Crippen LogP contribution in [0.4, 0.5) is 0 Å². The molecule has 0 heterocycles. The first-order chi connectivity index (χ1) is 8.09. The second kappa shape index (κ2) is 6.75. The van der Waals surface area contributed by atoms with Gasteiger partial charge in [0.1, 0.15) is 0 Å². The molecule has 0 spiro atoms. The SMILES string of the molecule is CCOc1ccccc1OCCC(C)(C)CCl. The number of para-hydroxylation sites is 2. The maximum absolute atomic E-state index is 5.88. The van der Waals surface area contributed by atoms with E-state index in [4.69, 9.17) is 21.1 Å².